The average molecular weight is 597 g/mol. The van der Waals surface area contributed by atoms with Crippen LogP contribution in [0, 0.1) is 0 Å². The SMILES string of the molecule is c1ccc2cc(-c3ncc(-c4ccc5cc6cc(-c7cnc(-c8ccc9ccccc9c8)s7)ccc6cc5c4)s3)ccc2c1. The largest absolute Gasteiger partial charge is 0.244 e. The fourth-order valence-corrected chi connectivity index (χ4v) is 7.85. The zero-order valence-corrected chi connectivity index (χ0v) is 25.2. The lowest BCUT2D eigenvalue weighted by atomic mass is 9.99. The van der Waals surface area contributed by atoms with Crippen molar-refractivity contribution in [1.29, 1.82) is 0 Å². The van der Waals surface area contributed by atoms with E-state index in [1.54, 1.807) is 22.7 Å². The van der Waals surface area contributed by atoms with Crippen LogP contribution >= 0.6 is 22.7 Å². The van der Waals surface area contributed by atoms with Gasteiger partial charge in [-0.2, -0.15) is 0 Å². The molecule has 0 saturated heterocycles. The van der Waals surface area contributed by atoms with Gasteiger partial charge in [-0.05, 0) is 90.6 Å². The van der Waals surface area contributed by atoms with Crippen molar-refractivity contribution < 1.29 is 0 Å². The summed E-state index contributed by atoms with van der Waals surface area (Å²) in [7, 11) is 0. The molecular formula is C40H24N2S2. The summed E-state index contributed by atoms with van der Waals surface area (Å²) in [6.07, 6.45) is 4.01. The monoisotopic (exact) mass is 596 g/mol. The van der Waals surface area contributed by atoms with Gasteiger partial charge >= 0.3 is 0 Å². The van der Waals surface area contributed by atoms with E-state index in [0.29, 0.717) is 0 Å². The third kappa shape index (κ3) is 4.47. The third-order valence-corrected chi connectivity index (χ3v) is 10.6. The van der Waals surface area contributed by atoms with Crippen LogP contribution in [0.2, 0.25) is 0 Å². The molecule has 0 unspecified atom stereocenters. The van der Waals surface area contributed by atoms with Gasteiger partial charge in [0, 0.05) is 23.5 Å². The molecule has 0 radical (unpaired) electrons. The molecular weight excluding hydrogens is 573 g/mol. The Bertz CT molecular complexity index is 2340. The molecule has 0 fully saturated rings. The van der Waals surface area contributed by atoms with Crippen LogP contribution < -0.4 is 0 Å². The Morgan fingerprint density at radius 2 is 0.682 bits per heavy atom. The summed E-state index contributed by atoms with van der Waals surface area (Å²) >= 11 is 3.49. The Morgan fingerprint density at radius 1 is 0.318 bits per heavy atom. The predicted octanol–water partition coefficient (Wildman–Crippen LogP) is 11.9. The maximum absolute atomic E-state index is 4.79. The van der Waals surface area contributed by atoms with E-state index in [1.807, 2.05) is 12.4 Å². The van der Waals surface area contributed by atoms with Crippen LogP contribution in [0.5, 0.6) is 0 Å². The van der Waals surface area contributed by atoms with Crippen molar-refractivity contribution in [2.45, 2.75) is 0 Å². The molecule has 9 rings (SSSR count). The van der Waals surface area contributed by atoms with Gasteiger partial charge in [-0.25, -0.2) is 9.97 Å². The second kappa shape index (κ2) is 10.2. The van der Waals surface area contributed by atoms with E-state index in [0.717, 1.165) is 21.1 Å². The maximum Gasteiger partial charge on any atom is 0.123 e. The average Bonchev–Trinajstić information content (AvgIpc) is 3.78. The van der Waals surface area contributed by atoms with Gasteiger partial charge in [-0.3, -0.25) is 0 Å². The number of hydrogen-bond acceptors (Lipinski definition) is 4. The van der Waals surface area contributed by atoms with E-state index in [2.05, 4.69) is 133 Å². The summed E-state index contributed by atoms with van der Waals surface area (Å²) in [5, 5.41) is 12.0. The first-order chi connectivity index (χ1) is 21.7. The topological polar surface area (TPSA) is 25.8 Å². The molecule has 4 heteroatoms. The van der Waals surface area contributed by atoms with Crippen LogP contribution in [0.4, 0.5) is 0 Å². The molecule has 7 aromatic carbocycles. The van der Waals surface area contributed by atoms with Gasteiger partial charge in [-0.15, -0.1) is 22.7 Å². The first kappa shape index (κ1) is 25.3. The van der Waals surface area contributed by atoms with Crippen molar-refractivity contribution in [2.75, 3.05) is 0 Å². The van der Waals surface area contributed by atoms with Gasteiger partial charge in [0.15, 0.2) is 0 Å². The second-order valence-corrected chi connectivity index (χ2v) is 13.2. The van der Waals surface area contributed by atoms with Gasteiger partial charge in [0.05, 0.1) is 9.75 Å². The van der Waals surface area contributed by atoms with Crippen LogP contribution in [0.3, 0.4) is 0 Å². The Labute approximate surface area is 262 Å². The van der Waals surface area contributed by atoms with Crippen LogP contribution in [0.25, 0.3) is 85.1 Å². The highest BCUT2D eigenvalue weighted by Crippen LogP contribution is 2.38. The van der Waals surface area contributed by atoms with E-state index >= 15 is 0 Å². The summed E-state index contributed by atoms with van der Waals surface area (Å²) in [6, 6.07) is 48.2. The van der Waals surface area contributed by atoms with E-state index in [9.17, 15) is 0 Å². The Kier molecular flexibility index (Phi) is 5.90. The molecule has 2 heterocycles. The quantitative estimate of drug-likeness (QED) is 0.189. The number of nitrogens with zero attached hydrogens (tertiary/aromatic N) is 2. The van der Waals surface area contributed by atoms with Crippen LogP contribution in [-0.2, 0) is 0 Å². The van der Waals surface area contributed by atoms with Crippen LogP contribution in [-0.4, -0.2) is 9.97 Å². The molecule has 0 bridgehead atoms. The van der Waals surface area contributed by atoms with Crippen molar-refractivity contribution >= 4 is 65.8 Å². The fourth-order valence-electron chi connectivity index (χ4n) is 6.03. The van der Waals surface area contributed by atoms with E-state index < -0.39 is 0 Å². The summed E-state index contributed by atoms with van der Waals surface area (Å²) in [6.45, 7) is 0. The molecule has 0 aliphatic heterocycles. The number of benzene rings is 7. The van der Waals surface area contributed by atoms with Gasteiger partial charge in [0.25, 0.3) is 0 Å². The van der Waals surface area contributed by atoms with Crippen molar-refractivity contribution in [3.63, 3.8) is 0 Å². The highest BCUT2D eigenvalue weighted by atomic mass is 32.1. The molecule has 0 saturated carbocycles. The lowest BCUT2D eigenvalue weighted by Gasteiger charge is -2.06. The molecule has 0 amide bonds. The zero-order valence-electron chi connectivity index (χ0n) is 23.6. The van der Waals surface area contributed by atoms with Crippen LogP contribution in [0.15, 0.2) is 146 Å². The second-order valence-electron chi connectivity index (χ2n) is 11.2. The van der Waals surface area contributed by atoms with Crippen molar-refractivity contribution in [1.82, 2.24) is 9.97 Å². The first-order valence-electron chi connectivity index (χ1n) is 14.6. The molecule has 0 aliphatic carbocycles. The summed E-state index contributed by atoms with van der Waals surface area (Å²) in [4.78, 5) is 11.9. The molecule has 2 nitrogen and oxygen atoms in total. The third-order valence-electron chi connectivity index (χ3n) is 8.37. The normalized spacial score (nSPS) is 11.6. The minimum atomic E-state index is 1.05. The smallest absolute Gasteiger partial charge is 0.123 e. The number of hydrogen-bond donors (Lipinski definition) is 0. The number of fused-ring (bicyclic) bond motifs is 4. The highest BCUT2D eigenvalue weighted by Gasteiger charge is 2.11. The molecule has 2 aromatic heterocycles. The summed E-state index contributed by atoms with van der Waals surface area (Å²) in [5.74, 6) is 0. The van der Waals surface area contributed by atoms with Crippen molar-refractivity contribution in [2.24, 2.45) is 0 Å². The Hall–Kier alpha value is -5.16. The van der Waals surface area contributed by atoms with Gasteiger partial charge < -0.3 is 0 Å². The van der Waals surface area contributed by atoms with E-state index in [-0.39, 0.29) is 0 Å². The standard InChI is InChI=1S/C40H24N2S2/c1-3-7-27-17-33(15-9-25(27)5-1)39-41-23-37(43-39)31-13-11-29-20-36-22-32(14-12-30(36)19-35(29)21-31)38-24-42-40(44-38)34-16-10-26-6-2-4-8-28(26)18-34/h1-24H. The minimum Gasteiger partial charge on any atom is -0.244 e. The zero-order chi connectivity index (χ0) is 29.0. The Balaban J connectivity index is 1.02. The van der Waals surface area contributed by atoms with Gasteiger partial charge in [0.2, 0.25) is 0 Å². The maximum atomic E-state index is 4.79. The lowest BCUT2D eigenvalue weighted by molar-refractivity contribution is 1.42. The van der Waals surface area contributed by atoms with E-state index in [1.165, 1.54) is 64.0 Å². The fraction of sp³-hybridized carbons (Fsp3) is 0. The molecule has 9 aromatic rings. The summed E-state index contributed by atoms with van der Waals surface area (Å²) < 4.78 is 0. The highest BCUT2D eigenvalue weighted by molar-refractivity contribution is 7.18. The Morgan fingerprint density at radius 3 is 1.16 bits per heavy atom. The van der Waals surface area contributed by atoms with Crippen molar-refractivity contribution in [3.8, 4) is 42.0 Å². The predicted molar refractivity (Wildman–Crippen MR) is 190 cm³/mol. The first-order valence-corrected chi connectivity index (χ1v) is 16.3. The molecule has 0 spiro atoms. The minimum absolute atomic E-state index is 1.05. The summed E-state index contributed by atoms with van der Waals surface area (Å²) in [5.41, 5.74) is 4.72. The lowest BCUT2D eigenvalue weighted by Crippen LogP contribution is -1.80. The number of rotatable bonds is 4. The molecule has 44 heavy (non-hydrogen) atoms. The molecule has 0 N–H and O–H groups in total. The van der Waals surface area contributed by atoms with Crippen molar-refractivity contribution in [3.05, 3.63) is 146 Å². The number of aromatic nitrogens is 2. The van der Waals surface area contributed by atoms with Gasteiger partial charge in [0.1, 0.15) is 10.0 Å². The molecule has 0 aliphatic rings. The molecule has 0 atom stereocenters. The van der Waals surface area contributed by atoms with E-state index in [4.69, 9.17) is 9.97 Å². The molecule has 206 valence electrons. The van der Waals surface area contributed by atoms with Gasteiger partial charge in [-0.1, -0.05) is 97.1 Å². The van der Waals surface area contributed by atoms with Crippen LogP contribution in [0.1, 0.15) is 0 Å². The number of thiazole rings is 2.